The summed E-state index contributed by atoms with van der Waals surface area (Å²) in [5, 5.41) is 7.03. The molecule has 0 saturated carbocycles. The highest BCUT2D eigenvalue weighted by atomic mass is 16.2. The summed E-state index contributed by atoms with van der Waals surface area (Å²) in [6.45, 7) is 3.88. The van der Waals surface area contributed by atoms with E-state index in [4.69, 9.17) is 0 Å². The minimum atomic E-state index is 0.0525. The second-order valence-corrected chi connectivity index (χ2v) is 6.96. The van der Waals surface area contributed by atoms with Crippen LogP contribution in [0.1, 0.15) is 47.4 Å². The van der Waals surface area contributed by atoms with Crippen LogP contribution < -0.4 is 0 Å². The maximum atomic E-state index is 12.9. The number of nitrogens with zero attached hydrogens (tertiary/aromatic N) is 4. The van der Waals surface area contributed by atoms with Gasteiger partial charge >= 0.3 is 0 Å². The van der Waals surface area contributed by atoms with E-state index in [1.165, 1.54) is 5.56 Å². The monoisotopic (exact) mass is 341 g/mol. The number of hydrogen-bond donors (Lipinski definition) is 1. The summed E-state index contributed by atoms with van der Waals surface area (Å²) < 4.78 is 0. The van der Waals surface area contributed by atoms with Crippen molar-refractivity contribution in [2.75, 3.05) is 27.2 Å². The van der Waals surface area contributed by atoms with E-state index in [1.807, 2.05) is 24.2 Å². The van der Waals surface area contributed by atoms with Gasteiger partial charge < -0.3 is 4.90 Å². The molecular formula is C19H27N5O. The van der Waals surface area contributed by atoms with Crippen molar-refractivity contribution < 1.29 is 4.79 Å². The normalized spacial score (nSPS) is 20.8. The Balaban J connectivity index is 1.72. The second kappa shape index (κ2) is 7.78. The van der Waals surface area contributed by atoms with Crippen LogP contribution in [0.2, 0.25) is 0 Å². The predicted molar refractivity (Wildman–Crippen MR) is 97.3 cm³/mol. The van der Waals surface area contributed by atoms with E-state index in [1.54, 1.807) is 12.4 Å². The molecule has 1 amide bonds. The van der Waals surface area contributed by atoms with Crippen molar-refractivity contribution in [3.63, 3.8) is 0 Å². The van der Waals surface area contributed by atoms with E-state index in [0.29, 0.717) is 17.5 Å². The molecule has 0 aliphatic carbocycles. The zero-order valence-electron chi connectivity index (χ0n) is 15.3. The van der Waals surface area contributed by atoms with Gasteiger partial charge in [0.2, 0.25) is 0 Å². The van der Waals surface area contributed by atoms with Gasteiger partial charge in [-0.15, -0.1) is 0 Å². The molecule has 0 bridgehead atoms. The zero-order chi connectivity index (χ0) is 17.8. The molecule has 6 heteroatoms. The summed E-state index contributed by atoms with van der Waals surface area (Å²) in [6.07, 6.45) is 8.32. The highest BCUT2D eigenvalue weighted by molar-refractivity contribution is 5.94. The Morgan fingerprint density at radius 1 is 1.44 bits per heavy atom. The van der Waals surface area contributed by atoms with Crippen LogP contribution >= 0.6 is 0 Å². The largest absolute Gasteiger partial charge is 0.341 e. The Morgan fingerprint density at radius 2 is 2.28 bits per heavy atom. The maximum absolute atomic E-state index is 12.9. The number of H-pyrrole nitrogens is 1. The van der Waals surface area contributed by atoms with Gasteiger partial charge in [0.1, 0.15) is 0 Å². The van der Waals surface area contributed by atoms with Crippen LogP contribution in [0, 0.1) is 5.92 Å². The second-order valence-electron chi connectivity index (χ2n) is 6.96. The molecule has 6 nitrogen and oxygen atoms in total. The summed E-state index contributed by atoms with van der Waals surface area (Å²) in [5.41, 5.74) is 2.86. The quantitative estimate of drug-likeness (QED) is 0.877. The van der Waals surface area contributed by atoms with E-state index < -0.39 is 0 Å². The van der Waals surface area contributed by atoms with Crippen LogP contribution in [-0.2, 0) is 6.42 Å². The molecule has 0 spiro atoms. The van der Waals surface area contributed by atoms with Crippen LogP contribution in [0.4, 0.5) is 0 Å². The average Bonchev–Trinajstić information content (AvgIpc) is 3.22. The molecule has 2 aromatic rings. The molecule has 3 heterocycles. The zero-order valence-corrected chi connectivity index (χ0v) is 15.3. The molecule has 3 rings (SSSR count). The Morgan fingerprint density at radius 3 is 3.00 bits per heavy atom. The summed E-state index contributed by atoms with van der Waals surface area (Å²) >= 11 is 0. The first-order valence-corrected chi connectivity index (χ1v) is 8.99. The third kappa shape index (κ3) is 3.74. The molecule has 0 aromatic carbocycles. The van der Waals surface area contributed by atoms with Gasteiger partial charge in [-0.25, -0.2) is 0 Å². The van der Waals surface area contributed by atoms with E-state index in [0.717, 1.165) is 38.0 Å². The van der Waals surface area contributed by atoms with Gasteiger partial charge in [0.05, 0.1) is 11.8 Å². The van der Waals surface area contributed by atoms with Crippen molar-refractivity contribution in [2.45, 2.75) is 32.2 Å². The van der Waals surface area contributed by atoms with Gasteiger partial charge in [-0.3, -0.25) is 19.8 Å². The number of carbonyl (C=O) groups excluding carboxylic acids is 1. The van der Waals surface area contributed by atoms with E-state index in [-0.39, 0.29) is 5.91 Å². The fourth-order valence-corrected chi connectivity index (χ4v) is 3.87. The molecule has 25 heavy (non-hydrogen) atoms. The summed E-state index contributed by atoms with van der Waals surface area (Å²) in [5.74, 6) is 0.460. The minimum Gasteiger partial charge on any atom is -0.341 e. The SMILES string of the molecule is CCCc1[nH]ncc1C(=O)N(C)C[C@@H]1CCN(C)[C@H]1c1cccnc1. The van der Waals surface area contributed by atoms with Gasteiger partial charge in [-0.1, -0.05) is 19.4 Å². The van der Waals surface area contributed by atoms with Crippen LogP contribution in [0.3, 0.4) is 0 Å². The third-order valence-corrected chi connectivity index (χ3v) is 5.10. The Kier molecular flexibility index (Phi) is 5.48. The first kappa shape index (κ1) is 17.6. The molecule has 0 radical (unpaired) electrons. The van der Waals surface area contributed by atoms with Crippen LogP contribution in [0.25, 0.3) is 0 Å². The number of aryl methyl sites for hydroxylation is 1. The number of amides is 1. The average molecular weight is 341 g/mol. The third-order valence-electron chi connectivity index (χ3n) is 5.10. The summed E-state index contributed by atoms with van der Waals surface area (Å²) in [7, 11) is 4.04. The topological polar surface area (TPSA) is 65.1 Å². The lowest BCUT2D eigenvalue weighted by Gasteiger charge is -2.28. The standard InChI is InChI=1S/C19H27N5O/c1-4-6-17-16(12-21-22-17)19(25)24(3)13-15-8-10-23(2)18(15)14-7-5-9-20-11-14/h5,7,9,11-12,15,18H,4,6,8,10,13H2,1-3H3,(H,21,22)/t15-,18-/m0/s1. The van der Waals surface area contributed by atoms with E-state index in [9.17, 15) is 4.79 Å². The number of nitrogens with one attached hydrogen (secondary N) is 1. The predicted octanol–water partition coefficient (Wildman–Crippen LogP) is 2.52. The van der Waals surface area contributed by atoms with Crippen LogP contribution in [0.15, 0.2) is 30.7 Å². The highest BCUT2D eigenvalue weighted by Crippen LogP contribution is 2.36. The van der Waals surface area contributed by atoms with Gasteiger partial charge in [0, 0.05) is 37.7 Å². The van der Waals surface area contributed by atoms with E-state index >= 15 is 0 Å². The molecule has 134 valence electrons. The number of carbonyl (C=O) groups is 1. The molecule has 1 aliphatic rings. The first-order valence-electron chi connectivity index (χ1n) is 8.99. The number of aromatic nitrogens is 3. The molecule has 1 N–H and O–H groups in total. The molecule has 1 aliphatic heterocycles. The fourth-order valence-electron chi connectivity index (χ4n) is 3.87. The van der Waals surface area contributed by atoms with E-state index in [2.05, 4.69) is 40.1 Å². The number of pyridine rings is 1. The van der Waals surface area contributed by atoms with Crippen molar-refractivity contribution in [3.8, 4) is 0 Å². The molecule has 0 unspecified atom stereocenters. The minimum absolute atomic E-state index is 0.0525. The molecular weight excluding hydrogens is 314 g/mol. The lowest BCUT2D eigenvalue weighted by Crippen LogP contribution is -2.34. The Bertz CT molecular complexity index is 699. The number of likely N-dealkylation sites (tertiary alicyclic amines) is 1. The molecule has 1 fully saturated rings. The summed E-state index contributed by atoms with van der Waals surface area (Å²) in [6, 6.07) is 4.42. The molecule has 1 saturated heterocycles. The van der Waals surface area contributed by atoms with Crippen LogP contribution in [0.5, 0.6) is 0 Å². The van der Waals surface area contributed by atoms with Gasteiger partial charge in [-0.2, -0.15) is 5.10 Å². The number of aromatic amines is 1. The van der Waals surface area contributed by atoms with Gasteiger partial charge in [0.15, 0.2) is 0 Å². The van der Waals surface area contributed by atoms with Crippen LogP contribution in [-0.4, -0.2) is 58.1 Å². The Labute approximate surface area is 149 Å². The van der Waals surface area contributed by atoms with Gasteiger partial charge in [0.25, 0.3) is 5.91 Å². The van der Waals surface area contributed by atoms with Crippen molar-refractivity contribution >= 4 is 5.91 Å². The van der Waals surface area contributed by atoms with Crippen molar-refractivity contribution in [3.05, 3.63) is 47.5 Å². The lowest BCUT2D eigenvalue weighted by molar-refractivity contribution is 0.0760. The maximum Gasteiger partial charge on any atom is 0.257 e. The first-order chi connectivity index (χ1) is 12.1. The number of rotatable bonds is 6. The van der Waals surface area contributed by atoms with Crippen molar-refractivity contribution in [2.24, 2.45) is 5.92 Å². The fraction of sp³-hybridized carbons (Fsp3) is 0.526. The van der Waals surface area contributed by atoms with Crippen molar-refractivity contribution in [1.29, 1.82) is 0 Å². The Hall–Kier alpha value is -2.21. The lowest BCUT2D eigenvalue weighted by atomic mass is 9.94. The molecule has 2 aromatic heterocycles. The smallest absolute Gasteiger partial charge is 0.257 e. The number of hydrogen-bond acceptors (Lipinski definition) is 4. The molecule has 2 atom stereocenters. The highest BCUT2D eigenvalue weighted by Gasteiger charge is 2.34. The summed E-state index contributed by atoms with van der Waals surface area (Å²) in [4.78, 5) is 21.3. The van der Waals surface area contributed by atoms with Gasteiger partial charge in [-0.05, 0) is 44.0 Å². The van der Waals surface area contributed by atoms with Crippen molar-refractivity contribution in [1.82, 2.24) is 25.0 Å².